The van der Waals surface area contributed by atoms with Crippen molar-refractivity contribution in [2.45, 2.75) is 49.2 Å². The van der Waals surface area contributed by atoms with Gasteiger partial charge >= 0.3 is 6.18 Å². The van der Waals surface area contributed by atoms with Crippen LogP contribution in [-0.4, -0.2) is 16.5 Å². The highest BCUT2D eigenvalue weighted by atomic mass is 32.2. The lowest BCUT2D eigenvalue weighted by Gasteiger charge is -2.25. The summed E-state index contributed by atoms with van der Waals surface area (Å²) in [4.78, 5) is 11.0. The third kappa shape index (κ3) is 5.33. The number of halogens is 3. The highest BCUT2D eigenvalue weighted by molar-refractivity contribution is 7.99. The highest BCUT2D eigenvalue weighted by Gasteiger charge is 2.36. The minimum Gasteiger partial charge on any atom is -0.311 e. The molecule has 3 rings (SSSR count). The van der Waals surface area contributed by atoms with Gasteiger partial charge in [-0.05, 0) is 43.5 Å². The summed E-state index contributed by atoms with van der Waals surface area (Å²) in [6.07, 6.45) is -0.626. The van der Waals surface area contributed by atoms with E-state index in [4.69, 9.17) is 0 Å². The van der Waals surface area contributed by atoms with E-state index < -0.39 is 11.7 Å². The summed E-state index contributed by atoms with van der Waals surface area (Å²) in [7, 11) is 0. The van der Waals surface area contributed by atoms with E-state index in [1.165, 1.54) is 0 Å². The molecule has 30 heavy (non-hydrogen) atoms. The number of anilines is 2. The fourth-order valence-electron chi connectivity index (χ4n) is 3.13. The Morgan fingerprint density at radius 1 is 0.967 bits per heavy atom. The summed E-state index contributed by atoms with van der Waals surface area (Å²) in [5, 5.41) is -0.0943. The zero-order chi connectivity index (χ0) is 21.6. The maximum absolute atomic E-state index is 13.6. The molecule has 0 fully saturated rings. The molecule has 7 heteroatoms. The molecule has 0 aliphatic rings. The number of hydrogen-bond acceptors (Lipinski definition) is 4. The first-order valence-electron chi connectivity index (χ1n) is 9.96. The fourth-order valence-corrected chi connectivity index (χ4v) is 4.05. The van der Waals surface area contributed by atoms with Crippen molar-refractivity contribution >= 4 is 23.4 Å². The van der Waals surface area contributed by atoms with Crippen LogP contribution in [0.2, 0.25) is 0 Å². The van der Waals surface area contributed by atoms with E-state index in [0.29, 0.717) is 11.4 Å². The predicted octanol–water partition coefficient (Wildman–Crippen LogP) is 7.15. The Kier molecular flexibility index (Phi) is 7.37. The number of alkyl halides is 3. The van der Waals surface area contributed by atoms with Crippen LogP contribution in [0.1, 0.15) is 37.8 Å². The second kappa shape index (κ2) is 9.98. The Balaban J connectivity index is 2.04. The number of benzene rings is 2. The number of aromatic nitrogens is 2. The van der Waals surface area contributed by atoms with Crippen molar-refractivity contribution in [1.82, 2.24) is 9.97 Å². The van der Waals surface area contributed by atoms with Crippen molar-refractivity contribution in [3.63, 3.8) is 0 Å². The Hall–Kier alpha value is -2.54. The summed E-state index contributed by atoms with van der Waals surface area (Å²) in [5.74, 6) is 0.271. The molecule has 0 N–H and O–H groups in total. The lowest BCUT2D eigenvalue weighted by Crippen LogP contribution is -2.21. The van der Waals surface area contributed by atoms with E-state index in [-0.39, 0.29) is 11.0 Å². The quantitative estimate of drug-likeness (QED) is 0.354. The van der Waals surface area contributed by atoms with Gasteiger partial charge in [0.15, 0.2) is 0 Å². The SMILES string of the molecule is CCCCc1ccccc1N(CC)c1ncc(C(F)(F)F)c(Sc2ccccc2)n1. The molecule has 0 radical (unpaired) electrons. The van der Waals surface area contributed by atoms with E-state index in [2.05, 4.69) is 23.0 Å². The second-order valence-electron chi connectivity index (χ2n) is 6.78. The molecule has 0 saturated carbocycles. The summed E-state index contributed by atoms with van der Waals surface area (Å²) >= 11 is 0.999. The molecule has 0 atom stereocenters. The van der Waals surface area contributed by atoms with Crippen molar-refractivity contribution in [2.75, 3.05) is 11.4 Å². The average Bonchev–Trinajstić information content (AvgIpc) is 2.74. The molecule has 0 saturated heterocycles. The van der Waals surface area contributed by atoms with Crippen LogP contribution in [0.25, 0.3) is 0 Å². The lowest BCUT2D eigenvalue weighted by molar-refractivity contribution is -0.140. The molecule has 0 aliphatic heterocycles. The highest BCUT2D eigenvalue weighted by Crippen LogP contribution is 2.39. The van der Waals surface area contributed by atoms with Gasteiger partial charge in [-0.1, -0.05) is 61.5 Å². The van der Waals surface area contributed by atoms with Crippen LogP contribution in [0.3, 0.4) is 0 Å². The summed E-state index contributed by atoms with van der Waals surface area (Å²) in [5.41, 5.74) is 1.25. The molecule has 0 amide bonds. The van der Waals surface area contributed by atoms with Crippen LogP contribution in [0.4, 0.5) is 24.8 Å². The van der Waals surface area contributed by atoms with E-state index in [1.807, 2.05) is 36.1 Å². The first-order chi connectivity index (χ1) is 14.4. The fraction of sp³-hybridized carbons (Fsp3) is 0.304. The molecule has 158 valence electrons. The van der Waals surface area contributed by atoms with E-state index in [0.717, 1.165) is 48.5 Å². The van der Waals surface area contributed by atoms with Gasteiger partial charge in [-0.2, -0.15) is 13.2 Å². The summed E-state index contributed by atoms with van der Waals surface area (Å²) in [6.45, 7) is 4.62. The van der Waals surface area contributed by atoms with Crippen molar-refractivity contribution in [2.24, 2.45) is 0 Å². The number of nitrogens with zero attached hydrogens (tertiary/aromatic N) is 3. The molecule has 0 unspecified atom stereocenters. The van der Waals surface area contributed by atoms with Gasteiger partial charge in [0.05, 0.1) is 0 Å². The van der Waals surface area contributed by atoms with Gasteiger partial charge in [0.1, 0.15) is 10.6 Å². The number of aryl methyl sites for hydroxylation is 1. The molecule has 0 bridgehead atoms. The van der Waals surface area contributed by atoms with Crippen molar-refractivity contribution in [1.29, 1.82) is 0 Å². The van der Waals surface area contributed by atoms with Crippen LogP contribution in [0, 0.1) is 0 Å². The summed E-state index contributed by atoms with van der Waals surface area (Å²) < 4.78 is 40.8. The first-order valence-corrected chi connectivity index (χ1v) is 10.8. The second-order valence-corrected chi connectivity index (χ2v) is 7.84. The molecule has 3 aromatic rings. The minimum atomic E-state index is -4.52. The van der Waals surface area contributed by atoms with Crippen molar-refractivity contribution in [3.05, 3.63) is 71.9 Å². The molecule has 0 aliphatic carbocycles. The first kappa shape index (κ1) is 22.2. The Morgan fingerprint density at radius 2 is 1.67 bits per heavy atom. The normalized spacial score (nSPS) is 11.5. The third-order valence-corrected chi connectivity index (χ3v) is 5.66. The van der Waals surface area contributed by atoms with Gasteiger partial charge in [-0.25, -0.2) is 9.97 Å². The predicted molar refractivity (Wildman–Crippen MR) is 115 cm³/mol. The molecule has 2 aromatic carbocycles. The van der Waals surface area contributed by atoms with E-state index >= 15 is 0 Å². The van der Waals surface area contributed by atoms with Gasteiger partial charge in [0.2, 0.25) is 5.95 Å². The number of unbranched alkanes of at least 4 members (excludes halogenated alkanes) is 1. The zero-order valence-corrected chi connectivity index (χ0v) is 17.8. The monoisotopic (exact) mass is 431 g/mol. The van der Waals surface area contributed by atoms with Crippen LogP contribution in [0.5, 0.6) is 0 Å². The van der Waals surface area contributed by atoms with E-state index in [1.54, 1.807) is 24.3 Å². The molecule has 1 aromatic heterocycles. The number of hydrogen-bond donors (Lipinski definition) is 0. The largest absolute Gasteiger partial charge is 0.420 e. The van der Waals surface area contributed by atoms with Gasteiger partial charge in [-0.15, -0.1) is 0 Å². The number of rotatable bonds is 8. The maximum Gasteiger partial charge on any atom is 0.420 e. The lowest BCUT2D eigenvalue weighted by atomic mass is 10.1. The number of para-hydroxylation sites is 1. The Morgan fingerprint density at radius 3 is 2.33 bits per heavy atom. The standard InChI is InChI=1S/C23H24F3N3S/c1-3-5-11-17-12-9-10-15-20(17)29(4-2)22-27-16-19(23(24,25)26)21(28-22)30-18-13-7-6-8-14-18/h6-10,12-16H,3-5,11H2,1-2H3. The topological polar surface area (TPSA) is 29.0 Å². The Labute approximate surface area is 179 Å². The molecule has 3 nitrogen and oxygen atoms in total. The van der Waals surface area contributed by atoms with Gasteiger partial charge < -0.3 is 4.90 Å². The van der Waals surface area contributed by atoms with Crippen molar-refractivity contribution in [3.8, 4) is 0 Å². The Bertz CT molecular complexity index is 961. The van der Waals surface area contributed by atoms with Crippen LogP contribution < -0.4 is 4.90 Å². The smallest absolute Gasteiger partial charge is 0.311 e. The zero-order valence-electron chi connectivity index (χ0n) is 17.0. The molecule has 1 heterocycles. The molecular formula is C23H24F3N3S. The van der Waals surface area contributed by atoms with Gasteiger partial charge in [0.25, 0.3) is 0 Å². The third-order valence-electron chi connectivity index (χ3n) is 4.64. The maximum atomic E-state index is 13.6. The van der Waals surface area contributed by atoms with Crippen LogP contribution >= 0.6 is 11.8 Å². The summed E-state index contributed by atoms with van der Waals surface area (Å²) in [6, 6.07) is 16.9. The van der Waals surface area contributed by atoms with Crippen LogP contribution in [-0.2, 0) is 12.6 Å². The van der Waals surface area contributed by atoms with Crippen LogP contribution in [0.15, 0.2) is 70.7 Å². The average molecular weight is 432 g/mol. The molecule has 0 spiro atoms. The van der Waals surface area contributed by atoms with Crippen molar-refractivity contribution < 1.29 is 13.2 Å². The minimum absolute atomic E-state index is 0.0943. The van der Waals surface area contributed by atoms with E-state index in [9.17, 15) is 13.2 Å². The molecular weight excluding hydrogens is 407 g/mol. The van der Waals surface area contributed by atoms with Gasteiger partial charge in [-0.3, -0.25) is 0 Å². The van der Waals surface area contributed by atoms with Gasteiger partial charge in [0, 0.05) is 23.3 Å².